The van der Waals surface area contributed by atoms with Crippen molar-refractivity contribution in [3.05, 3.63) is 22.2 Å². The minimum absolute atomic E-state index is 0.149. The van der Waals surface area contributed by atoms with Gasteiger partial charge >= 0.3 is 11.9 Å². The minimum atomic E-state index is -0.619. The summed E-state index contributed by atoms with van der Waals surface area (Å²) < 4.78 is 10.6. The lowest BCUT2D eigenvalue weighted by Crippen LogP contribution is -2.08. The number of hydrogen-bond donors (Lipinski definition) is 0. The molecule has 0 aliphatic rings. The molecular formula is C12H13N3O5S2. The van der Waals surface area contributed by atoms with Crippen LogP contribution in [0.3, 0.4) is 0 Å². The molecule has 0 N–H and O–H groups in total. The number of carbonyl (C=O) groups is 1. The van der Waals surface area contributed by atoms with Crippen LogP contribution in [0.15, 0.2) is 20.9 Å². The van der Waals surface area contributed by atoms with Crippen molar-refractivity contribution in [1.82, 2.24) is 10.2 Å². The van der Waals surface area contributed by atoms with Gasteiger partial charge in [0.1, 0.15) is 4.92 Å². The van der Waals surface area contributed by atoms with Crippen LogP contribution in [0.5, 0.6) is 0 Å². The van der Waals surface area contributed by atoms with E-state index < -0.39 is 4.92 Å². The van der Waals surface area contributed by atoms with Crippen LogP contribution in [-0.2, 0) is 9.53 Å². The molecule has 0 atom stereocenters. The van der Waals surface area contributed by atoms with Gasteiger partial charge in [-0.3, -0.25) is 14.9 Å². The Balaban J connectivity index is 1.88. The first kappa shape index (κ1) is 16.4. The molecule has 0 aliphatic heterocycles. The summed E-state index contributed by atoms with van der Waals surface area (Å²) in [6.07, 6.45) is 1.81. The fraction of sp³-hybridized carbons (Fsp3) is 0.417. The molecule has 8 nitrogen and oxygen atoms in total. The third kappa shape index (κ3) is 4.53. The second kappa shape index (κ2) is 7.90. The number of thioether (sulfide) groups is 1. The number of unbranched alkanes of at least 4 members (excludes halogenated alkanes) is 1. The molecule has 10 heteroatoms. The molecule has 0 aliphatic carbocycles. The quantitative estimate of drug-likeness (QED) is 0.236. The molecule has 118 valence electrons. The van der Waals surface area contributed by atoms with Crippen LogP contribution >= 0.6 is 23.1 Å². The lowest BCUT2D eigenvalue weighted by Gasteiger charge is -2.01. The molecule has 2 heterocycles. The van der Waals surface area contributed by atoms with Crippen LogP contribution in [0.25, 0.3) is 10.8 Å². The van der Waals surface area contributed by atoms with E-state index in [1.165, 1.54) is 35.2 Å². The van der Waals surface area contributed by atoms with Gasteiger partial charge in [-0.2, -0.15) is 0 Å². The molecular weight excluding hydrogens is 330 g/mol. The van der Waals surface area contributed by atoms with E-state index in [0.717, 1.165) is 12.8 Å². The molecule has 2 aromatic rings. The minimum Gasteiger partial charge on any atom is -0.465 e. The molecule has 0 fully saturated rings. The van der Waals surface area contributed by atoms with E-state index in [0.29, 0.717) is 16.0 Å². The molecule has 0 amide bonds. The van der Waals surface area contributed by atoms with Crippen LogP contribution in [0, 0.1) is 10.1 Å². The van der Waals surface area contributed by atoms with Gasteiger partial charge in [0.25, 0.3) is 0 Å². The van der Waals surface area contributed by atoms with E-state index in [1.54, 1.807) is 0 Å². The third-order valence-corrected chi connectivity index (χ3v) is 4.51. The normalized spacial score (nSPS) is 10.6. The summed E-state index contributed by atoms with van der Waals surface area (Å²) in [7, 11) is 0. The Labute approximate surface area is 134 Å². The van der Waals surface area contributed by atoms with E-state index in [1.807, 2.05) is 6.92 Å². The Morgan fingerprint density at radius 3 is 3.00 bits per heavy atom. The van der Waals surface area contributed by atoms with Crippen molar-refractivity contribution in [3.8, 4) is 10.8 Å². The topological polar surface area (TPSA) is 108 Å². The first-order chi connectivity index (χ1) is 10.6. The Morgan fingerprint density at radius 2 is 2.32 bits per heavy atom. The molecule has 2 rings (SSSR count). The third-order valence-electron chi connectivity index (χ3n) is 2.46. The van der Waals surface area contributed by atoms with E-state index in [9.17, 15) is 14.9 Å². The van der Waals surface area contributed by atoms with Crippen molar-refractivity contribution < 1.29 is 18.9 Å². The van der Waals surface area contributed by atoms with E-state index in [-0.39, 0.29) is 23.4 Å². The lowest BCUT2D eigenvalue weighted by atomic mass is 10.4. The molecule has 0 saturated carbocycles. The van der Waals surface area contributed by atoms with Crippen LogP contribution in [-0.4, -0.2) is 33.4 Å². The monoisotopic (exact) mass is 343 g/mol. The summed E-state index contributed by atoms with van der Waals surface area (Å²) in [4.78, 5) is 21.4. The Morgan fingerprint density at radius 1 is 1.50 bits per heavy atom. The highest BCUT2D eigenvalue weighted by molar-refractivity contribution is 8.01. The predicted octanol–water partition coefficient (Wildman–Crippen LogP) is 3.14. The summed E-state index contributed by atoms with van der Waals surface area (Å²) in [5.74, 6) is -0.222. The van der Waals surface area contributed by atoms with Gasteiger partial charge in [-0.05, 0) is 12.5 Å². The SMILES string of the molecule is CCCCOC(=O)CSc1nnc(-c2ccc([N+](=O)[O-])o2)s1. The summed E-state index contributed by atoms with van der Waals surface area (Å²) >= 11 is 2.41. The molecule has 0 bridgehead atoms. The van der Waals surface area contributed by atoms with E-state index in [4.69, 9.17) is 9.15 Å². The van der Waals surface area contributed by atoms with E-state index >= 15 is 0 Å². The van der Waals surface area contributed by atoms with Gasteiger partial charge < -0.3 is 9.15 Å². The number of aromatic nitrogens is 2. The Hall–Kier alpha value is -1.94. The molecule has 22 heavy (non-hydrogen) atoms. The van der Waals surface area contributed by atoms with Gasteiger partial charge in [0.05, 0.1) is 18.4 Å². The first-order valence-corrected chi connectivity index (χ1v) is 8.27. The Kier molecular flexibility index (Phi) is 5.90. The zero-order chi connectivity index (χ0) is 15.9. The fourth-order valence-electron chi connectivity index (χ4n) is 1.40. The average Bonchev–Trinajstić information content (AvgIpc) is 3.14. The van der Waals surface area contributed by atoms with Gasteiger partial charge in [0.15, 0.2) is 15.1 Å². The standard InChI is InChI=1S/C12H13N3O5S2/c1-2-3-6-19-10(16)7-21-12-14-13-11(22-12)8-4-5-9(20-8)15(17)18/h4-5H,2-3,6-7H2,1H3. The second-order valence-electron chi connectivity index (χ2n) is 4.13. The molecule has 0 spiro atoms. The number of rotatable bonds is 8. The smallest absolute Gasteiger partial charge is 0.433 e. The number of nitro groups is 1. The van der Waals surface area contributed by atoms with Gasteiger partial charge in [-0.1, -0.05) is 36.4 Å². The number of carbonyl (C=O) groups excluding carboxylic acids is 1. The molecule has 0 radical (unpaired) electrons. The molecule has 0 saturated heterocycles. The van der Waals surface area contributed by atoms with Gasteiger partial charge in [-0.15, -0.1) is 10.2 Å². The maximum atomic E-state index is 11.5. The summed E-state index contributed by atoms with van der Waals surface area (Å²) in [5, 5.41) is 18.8. The maximum absolute atomic E-state index is 11.5. The van der Waals surface area contributed by atoms with Gasteiger partial charge in [0, 0.05) is 0 Å². The number of hydrogen-bond acceptors (Lipinski definition) is 9. The second-order valence-corrected chi connectivity index (χ2v) is 6.33. The highest BCUT2D eigenvalue weighted by Gasteiger charge is 2.17. The van der Waals surface area contributed by atoms with Crippen LogP contribution < -0.4 is 0 Å². The van der Waals surface area contributed by atoms with Gasteiger partial charge in [0.2, 0.25) is 0 Å². The van der Waals surface area contributed by atoms with Crippen molar-refractivity contribution in [2.75, 3.05) is 12.4 Å². The number of esters is 1. The van der Waals surface area contributed by atoms with Crippen LogP contribution in [0.1, 0.15) is 19.8 Å². The number of furan rings is 1. The van der Waals surface area contributed by atoms with Crippen molar-refractivity contribution in [2.45, 2.75) is 24.1 Å². The zero-order valence-electron chi connectivity index (χ0n) is 11.7. The average molecular weight is 343 g/mol. The van der Waals surface area contributed by atoms with Crippen LogP contribution in [0.2, 0.25) is 0 Å². The molecule has 0 unspecified atom stereocenters. The summed E-state index contributed by atoms with van der Waals surface area (Å²) in [6, 6.07) is 2.72. The van der Waals surface area contributed by atoms with Gasteiger partial charge in [-0.25, -0.2) is 0 Å². The highest BCUT2D eigenvalue weighted by atomic mass is 32.2. The molecule has 0 aromatic carbocycles. The molecule has 2 aromatic heterocycles. The lowest BCUT2D eigenvalue weighted by molar-refractivity contribution is -0.401. The van der Waals surface area contributed by atoms with Crippen LogP contribution in [0.4, 0.5) is 5.88 Å². The highest BCUT2D eigenvalue weighted by Crippen LogP contribution is 2.32. The van der Waals surface area contributed by atoms with Crippen molar-refractivity contribution >= 4 is 35.0 Å². The largest absolute Gasteiger partial charge is 0.465 e. The van der Waals surface area contributed by atoms with Crippen molar-refractivity contribution in [1.29, 1.82) is 0 Å². The first-order valence-electron chi connectivity index (χ1n) is 6.46. The maximum Gasteiger partial charge on any atom is 0.433 e. The number of nitrogens with zero attached hydrogens (tertiary/aromatic N) is 3. The predicted molar refractivity (Wildman–Crippen MR) is 80.9 cm³/mol. The summed E-state index contributed by atoms with van der Waals surface area (Å²) in [6.45, 7) is 2.44. The van der Waals surface area contributed by atoms with E-state index in [2.05, 4.69) is 10.2 Å². The Bertz CT molecular complexity index is 655. The summed E-state index contributed by atoms with van der Waals surface area (Å²) in [5.41, 5.74) is 0. The zero-order valence-corrected chi connectivity index (χ0v) is 13.3. The number of ether oxygens (including phenoxy) is 1. The van der Waals surface area contributed by atoms with Crippen molar-refractivity contribution in [2.24, 2.45) is 0 Å². The fourth-order valence-corrected chi connectivity index (χ4v) is 3.01. The van der Waals surface area contributed by atoms with Crippen molar-refractivity contribution in [3.63, 3.8) is 0 Å².